The number of hydrogen-bond donors (Lipinski definition) is 1. The average Bonchev–Trinajstić information content (AvgIpc) is 2.94. The minimum Gasteiger partial charge on any atom is -0.772 e. The number of aromatic nitrogens is 1. The molecule has 0 radical (unpaired) electrons. The lowest BCUT2D eigenvalue weighted by atomic mass is 10.1. The zero-order valence-electron chi connectivity index (χ0n) is 15.9. The van der Waals surface area contributed by atoms with Crippen LogP contribution in [0, 0.1) is 0 Å². The van der Waals surface area contributed by atoms with Crippen LogP contribution in [0.4, 0.5) is 5.69 Å². The van der Waals surface area contributed by atoms with Gasteiger partial charge in [-0.3, -0.25) is 18.7 Å². The molecule has 9 nitrogen and oxygen atoms in total. The Morgan fingerprint density at radius 3 is 2.62 bits per heavy atom. The zero-order valence-corrected chi connectivity index (χ0v) is 16.7. The summed E-state index contributed by atoms with van der Waals surface area (Å²) in [7, 11) is 1.46. The van der Waals surface area contributed by atoms with Gasteiger partial charge in [-0.25, -0.2) is 4.98 Å². The third kappa shape index (κ3) is 3.94. The van der Waals surface area contributed by atoms with Crippen LogP contribution < -0.4 is 15.2 Å². The molecule has 0 saturated carbocycles. The third-order valence-electron chi connectivity index (χ3n) is 4.54. The second-order valence-corrected chi connectivity index (χ2v) is 7.25. The number of benzene rings is 1. The van der Waals surface area contributed by atoms with Crippen LogP contribution in [0.2, 0.25) is 0 Å². The van der Waals surface area contributed by atoms with E-state index in [1.807, 2.05) is 0 Å². The molecule has 0 spiro atoms. The highest BCUT2D eigenvalue weighted by Crippen LogP contribution is 2.37. The summed E-state index contributed by atoms with van der Waals surface area (Å²) in [5.41, 5.74) is 6.70. The Labute approximate surface area is 170 Å². The largest absolute Gasteiger partial charge is 0.772 e. The van der Waals surface area contributed by atoms with Gasteiger partial charge in [0, 0.05) is 11.4 Å². The fourth-order valence-electron chi connectivity index (χ4n) is 3.25. The van der Waals surface area contributed by atoms with Gasteiger partial charge in [0.25, 0.3) is 17.7 Å². The van der Waals surface area contributed by atoms with Crippen molar-refractivity contribution >= 4 is 28.6 Å². The number of nitrogen functional groups attached to an aromatic ring is 1. The Morgan fingerprint density at radius 1 is 1.24 bits per heavy atom. The molecule has 1 aliphatic rings. The number of imide groups is 1. The van der Waals surface area contributed by atoms with E-state index in [0.717, 1.165) is 4.90 Å². The summed E-state index contributed by atoms with van der Waals surface area (Å²) in [5, 5.41) is 0. The van der Waals surface area contributed by atoms with Gasteiger partial charge < -0.3 is 19.8 Å². The summed E-state index contributed by atoms with van der Waals surface area (Å²) in [5.74, 6) is -0.814. The molecule has 2 amide bonds. The lowest BCUT2D eigenvalue weighted by Crippen LogP contribution is -2.35. The van der Waals surface area contributed by atoms with Crippen LogP contribution in [0.3, 0.4) is 0 Å². The van der Waals surface area contributed by atoms with Gasteiger partial charge in [-0.1, -0.05) is 17.1 Å². The van der Waals surface area contributed by atoms with E-state index in [1.165, 1.54) is 19.2 Å². The normalized spacial score (nSPS) is 15.2. The topological polar surface area (TPSA) is 135 Å². The molecule has 2 heterocycles. The molecule has 1 aromatic heterocycles. The van der Waals surface area contributed by atoms with Crippen molar-refractivity contribution in [1.29, 1.82) is 0 Å². The number of rotatable bonds is 8. The summed E-state index contributed by atoms with van der Waals surface area (Å²) in [6, 6.07) is 6.90. The zero-order chi connectivity index (χ0) is 21.1. The van der Waals surface area contributed by atoms with E-state index in [0.29, 0.717) is 18.1 Å². The van der Waals surface area contributed by atoms with Gasteiger partial charge in [-0.05, 0) is 37.6 Å². The minimum atomic E-state index is -2.36. The Kier molecular flexibility index (Phi) is 6.14. The third-order valence-corrected chi connectivity index (χ3v) is 5.11. The number of anilines is 1. The second kappa shape index (κ2) is 8.58. The summed E-state index contributed by atoms with van der Waals surface area (Å²) >= 11 is -2.36. The first-order chi connectivity index (χ1) is 13.9. The van der Waals surface area contributed by atoms with Crippen LogP contribution in [-0.4, -0.2) is 49.9 Å². The molecule has 10 heteroatoms. The first-order valence-electron chi connectivity index (χ1n) is 8.89. The number of ether oxygens (including phenoxy) is 2. The molecule has 0 bridgehead atoms. The van der Waals surface area contributed by atoms with Crippen molar-refractivity contribution in [3.8, 4) is 11.6 Å². The standard InChI is InChI=1S/C19H21N3O6S/c1-3-28-17-15(27-2)8-7-13(21-17)14(9-10-29(25)26)22-18(23)11-5-4-6-12(20)16(11)19(22)24/h4-8,14H,3,9-10,20H2,1-2H3,(H,25,26)/p-1/t14-/m0/s1. The van der Waals surface area contributed by atoms with Crippen LogP contribution in [-0.2, 0) is 11.1 Å². The molecule has 3 rings (SSSR count). The molecule has 2 atom stereocenters. The van der Waals surface area contributed by atoms with Crippen molar-refractivity contribution in [2.45, 2.75) is 19.4 Å². The number of hydrogen-bond acceptors (Lipinski definition) is 8. The Balaban J connectivity index is 2.06. The predicted molar refractivity (Wildman–Crippen MR) is 104 cm³/mol. The van der Waals surface area contributed by atoms with E-state index in [4.69, 9.17) is 15.2 Å². The maximum Gasteiger partial charge on any atom is 0.264 e. The Hall–Kier alpha value is -2.98. The summed E-state index contributed by atoms with van der Waals surface area (Å²) in [6.07, 6.45) is -0.0215. The molecule has 1 unspecified atom stereocenters. The Bertz CT molecular complexity index is 980. The van der Waals surface area contributed by atoms with Crippen molar-refractivity contribution in [3.63, 3.8) is 0 Å². The van der Waals surface area contributed by atoms with Gasteiger partial charge >= 0.3 is 0 Å². The van der Waals surface area contributed by atoms with Gasteiger partial charge in [0.2, 0.25) is 0 Å². The van der Waals surface area contributed by atoms with Crippen molar-refractivity contribution in [2.24, 2.45) is 0 Å². The van der Waals surface area contributed by atoms with E-state index < -0.39 is 28.9 Å². The highest BCUT2D eigenvalue weighted by Gasteiger charge is 2.42. The summed E-state index contributed by atoms with van der Waals surface area (Å²) in [6.45, 7) is 2.10. The van der Waals surface area contributed by atoms with Crippen LogP contribution in [0.25, 0.3) is 0 Å². The number of amides is 2. The molecule has 1 aromatic carbocycles. The first kappa shape index (κ1) is 20.7. The molecule has 2 N–H and O–H groups in total. The maximum absolute atomic E-state index is 13.0. The molecule has 0 fully saturated rings. The number of fused-ring (bicyclic) bond motifs is 1. The van der Waals surface area contributed by atoms with E-state index in [2.05, 4.69) is 4.98 Å². The Morgan fingerprint density at radius 2 is 2.00 bits per heavy atom. The van der Waals surface area contributed by atoms with Crippen LogP contribution in [0.5, 0.6) is 11.6 Å². The van der Waals surface area contributed by atoms with Crippen LogP contribution >= 0.6 is 0 Å². The number of carbonyl (C=O) groups excluding carboxylic acids is 2. The van der Waals surface area contributed by atoms with E-state index in [-0.39, 0.29) is 34.9 Å². The maximum atomic E-state index is 13.0. The quantitative estimate of drug-likeness (QED) is 0.389. The van der Waals surface area contributed by atoms with Crippen molar-refractivity contribution in [1.82, 2.24) is 9.88 Å². The molecule has 1 aliphatic heterocycles. The first-order valence-corrected chi connectivity index (χ1v) is 10.1. The fourth-order valence-corrected chi connectivity index (χ4v) is 3.67. The number of nitrogens with two attached hydrogens (primary N) is 1. The molecule has 0 aliphatic carbocycles. The molecule has 29 heavy (non-hydrogen) atoms. The molecular formula is C19H20N3O6S-. The van der Waals surface area contributed by atoms with Gasteiger partial charge in [-0.2, -0.15) is 0 Å². The average molecular weight is 418 g/mol. The SMILES string of the molecule is CCOc1nc([C@H](CCS(=O)[O-])N2C(=O)c3cccc(N)c3C2=O)ccc1OC. The second-order valence-electron chi connectivity index (χ2n) is 6.24. The van der Waals surface area contributed by atoms with Crippen molar-refractivity contribution < 1.29 is 27.8 Å². The van der Waals surface area contributed by atoms with Gasteiger partial charge in [-0.15, -0.1) is 0 Å². The van der Waals surface area contributed by atoms with Crippen molar-refractivity contribution in [2.75, 3.05) is 25.2 Å². The van der Waals surface area contributed by atoms with Gasteiger partial charge in [0.15, 0.2) is 5.75 Å². The minimum absolute atomic E-state index is 0.0215. The highest BCUT2D eigenvalue weighted by molar-refractivity contribution is 7.79. The smallest absolute Gasteiger partial charge is 0.264 e. The van der Waals surface area contributed by atoms with E-state index in [9.17, 15) is 18.4 Å². The molecule has 0 saturated heterocycles. The van der Waals surface area contributed by atoms with Crippen LogP contribution in [0.1, 0.15) is 45.8 Å². The molecule has 2 aromatic rings. The summed E-state index contributed by atoms with van der Waals surface area (Å²) < 4.78 is 33.1. The molecule has 154 valence electrons. The lowest BCUT2D eigenvalue weighted by molar-refractivity contribution is 0.0574. The number of carbonyl (C=O) groups is 2. The lowest BCUT2D eigenvalue weighted by Gasteiger charge is -2.27. The number of methoxy groups -OCH3 is 1. The molecular weight excluding hydrogens is 398 g/mol. The van der Waals surface area contributed by atoms with Gasteiger partial charge in [0.1, 0.15) is 0 Å². The van der Waals surface area contributed by atoms with Gasteiger partial charge in [0.05, 0.1) is 36.6 Å². The fraction of sp³-hybridized carbons (Fsp3) is 0.316. The van der Waals surface area contributed by atoms with Crippen molar-refractivity contribution in [3.05, 3.63) is 47.2 Å². The monoisotopic (exact) mass is 418 g/mol. The summed E-state index contributed by atoms with van der Waals surface area (Å²) in [4.78, 5) is 31.4. The van der Waals surface area contributed by atoms with E-state index >= 15 is 0 Å². The predicted octanol–water partition coefficient (Wildman–Crippen LogP) is 1.68. The van der Waals surface area contributed by atoms with E-state index in [1.54, 1.807) is 25.1 Å². The number of nitrogens with zero attached hydrogens (tertiary/aromatic N) is 2. The van der Waals surface area contributed by atoms with Crippen LogP contribution in [0.15, 0.2) is 30.3 Å². The highest BCUT2D eigenvalue weighted by atomic mass is 32.2. The number of pyridine rings is 1.